The Morgan fingerprint density at radius 2 is 1.81 bits per heavy atom. The minimum absolute atomic E-state index is 0. The number of nitrogens with one attached hydrogen (secondary N) is 1. The summed E-state index contributed by atoms with van der Waals surface area (Å²) in [4.78, 5) is 1.67. The van der Waals surface area contributed by atoms with Gasteiger partial charge in [-0.2, -0.15) is 0 Å². The van der Waals surface area contributed by atoms with E-state index >= 15 is 0 Å². The normalized spacial score (nSPS) is 16.8. The van der Waals surface area contributed by atoms with Crippen LogP contribution in [0.1, 0.15) is 11.6 Å². The molecule has 1 aliphatic rings. The molecule has 1 heterocycles. The Hall–Kier alpha value is -0.690. The second-order valence-corrected chi connectivity index (χ2v) is 4.43. The highest BCUT2D eigenvalue weighted by atomic mass is 35.5. The van der Waals surface area contributed by atoms with Crippen LogP contribution in [-0.2, 0) is 0 Å². The Bertz CT molecular complexity index is 432. The third-order valence-electron chi connectivity index (χ3n) is 3.30. The fraction of sp³-hybridized carbons (Fsp3) is 0.538. The summed E-state index contributed by atoms with van der Waals surface area (Å²) < 4.78 is 45.3. The number of piperazine rings is 1. The summed E-state index contributed by atoms with van der Waals surface area (Å²) in [5.41, 5.74) is 0.208. The van der Waals surface area contributed by atoms with E-state index in [2.05, 4.69) is 5.32 Å². The molecular formula is C13H19Cl2F3N2O. The molecule has 1 N–H and O–H groups in total. The average Bonchev–Trinajstić information content (AvgIpc) is 2.40. The van der Waals surface area contributed by atoms with Crippen LogP contribution in [0.2, 0.25) is 0 Å². The van der Waals surface area contributed by atoms with Gasteiger partial charge >= 0.3 is 0 Å². The average molecular weight is 347 g/mol. The van der Waals surface area contributed by atoms with Crippen molar-refractivity contribution in [2.45, 2.75) is 12.5 Å². The number of para-hydroxylation sites is 1. The maximum absolute atomic E-state index is 13.6. The Kier molecular flexibility index (Phi) is 9.04. The van der Waals surface area contributed by atoms with Gasteiger partial charge < -0.3 is 10.1 Å². The number of nitrogens with zero attached hydrogens (tertiary/aromatic N) is 1. The fourth-order valence-electron chi connectivity index (χ4n) is 2.43. The Balaban J connectivity index is 0.00000200. The number of methoxy groups -OCH3 is 1. The molecule has 1 aromatic carbocycles. The van der Waals surface area contributed by atoms with Crippen LogP contribution in [0.25, 0.3) is 0 Å². The highest BCUT2D eigenvalue weighted by molar-refractivity contribution is 5.85. The molecule has 21 heavy (non-hydrogen) atoms. The first-order chi connectivity index (χ1) is 9.15. The van der Waals surface area contributed by atoms with Crippen molar-refractivity contribution in [1.82, 2.24) is 10.2 Å². The van der Waals surface area contributed by atoms with Crippen molar-refractivity contribution in [1.29, 1.82) is 0 Å². The highest BCUT2D eigenvalue weighted by Gasteiger charge is 2.33. The lowest BCUT2D eigenvalue weighted by molar-refractivity contribution is 0.0168. The third-order valence-corrected chi connectivity index (χ3v) is 3.30. The predicted octanol–water partition coefficient (Wildman–Crippen LogP) is 2.89. The summed E-state index contributed by atoms with van der Waals surface area (Å²) in [5.74, 6) is -0.702. The standard InChI is InChI=1S/C13H17F3N2O.2ClH/c1-19-12-9(3-2-4-10(12)14)11(13(15)16)18-7-5-17-6-8-18;;/h2-4,11,13,17H,5-8H2,1H3;2*1H/t11-;;/m0../s1. The number of hydrogen-bond donors (Lipinski definition) is 1. The van der Waals surface area contributed by atoms with Gasteiger partial charge in [0.2, 0.25) is 0 Å². The number of hydrogen-bond acceptors (Lipinski definition) is 3. The van der Waals surface area contributed by atoms with E-state index in [4.69, 9.17) is 4.74 Å². The molecule has 1 atom stereocenters. The molecule has 0 radical (unpaired) electrons. The Labute approximate surface area is 134 Å². The van der Waals surface area contributed by atoms with Gasteiger partial charge in [-0.3, -0.25) is 4.90 Å². The van der Waals surface area contributed by atoms with Crippen molar-refractivity contribution in [3.8, 4) is 5.75 Å². The van der Waals surface area contributed by atoms with Crippen LogP contribution in [0.4, 0.5) is 13.2 Å². The highest BCUT2D eigenvalue weighted by Crippen LogP contribution is 2.35. The van der Waals surface area contributed by atoms with Crippen LogP contribution in [0.5, 0.6) is 5.75 Å². The van der Waals surface area contributed by atoms with Crippen LogP contribution in [0, 0.1) is 5.82 Å². The maximum Gasteiger partial charge on any atom is 0.258 e. The van der Waals surface area contributed by atoms with Crippen molar-refractivity contribution < 1.29 is 17.9 Å². The van der Waals surface area contributed by atoms with Gasteiger partial charge in [-0.15, -0.1) is 24.8 Å². The van der Waals surface area contributed by atoms with Crippen LogP contribution >= 0.6 is 24.8 Å². The smallest absolute Gasteiger partial charge is 0.258 e. The number of alkyl halides is 2. The van der Waals surface area contributed by atoms with Gasteiger partial charge in [0.15, 0.2) is 11.6 Å². The van der Waals surface area contributed by atoms with Gasteiger partial charge in [0.25, 0.3) is 6.43 Å². The van der Waals surface area contributed by atoms with E-state index in [1.165, 1.54) is 25.3 Å². The first-order valence-electron chi connectivity index (χ1n) is 6.20. The molecule has 0 saturated carbocycles. The van der Waals surface area contributed by atoms with Gasteiger partial charge in [-0.25, -0.2) is 13.2 Å². The lowest BCUT2D eigenvalue weighted by Gasteiger charge is -2.35. The molecule has 1 aliphatic heterocycles. The van der Waals surface area contributed by atoms with Gasteiger partial charge in [0.1, 0.15) is 6.04 Å². The molecule has 8 heteroatoms. The number of ether oxygens (including phenoxy) is 1. The van der Waals surface area contributed by atoms with Crippen molar-refractivity contribution in [2.24, 2.45) is 0 Å². The summed E-state index contributed by atoms with van der Waals surface area (Å²) in [6, 6.07) is 3.02. The number of benzene rings is 1. The van der Waals surface area contributed by atoms with Crippen molar-refractivity contribution in [2.75, 3.05) is 33.3 Å². The topological polar surface area (TPSA) is 24.5 Å². The van der Waals surface area contributed by atoms with Gasteiger partial charge in [-0.1, -0.05) is 12.1 Å². The van der Waals surface area contributed by atoms with Crippen LogP contribution < -0.4 is 10.1 Å². The molecule has 2 rings (SSSR count). The Morgan fingerprint density at radius 1 is 1.19 bits per heavy atom. The molecule has 1 saturated heterocycles. The lowest BCUT2D eigenvalue weighted by Crippen LogP contribution is -2.47. The first-order valence-corrected chi connectivity index (χ1v) is 6.20. The van der Waals surface area contributed by atoms with E-state index in [1.807, 2.05) is 0 Å². The second-order valence-electron chi connectivity index (χ2n) is 4.43. The van der Waals surface area contributed by atoms with E-state index in [0.717, 1.165) is 0 Å². The fourth-order valence-corrected chi connectivity index (χ4v) is 2.43. The van der Waals surface area contributed by atoms with Crippen molar-refractivity contribution in [3.05, 3.63) is 29.6 Å². The van der Waals surface area contributed by atoms with Crippen LogP contribution in [-0.4, -0.2) is 44.6 Å². The summed E-state index contributed by atoms with van der Waals surface area (Å²) >= 11 is 0. The molecule has 0 bridgehead atoms. The van der Waals surface area contributed by atoms with E-state index in [0.29, 0.717) is 26.2 Å². The van der Waals surface area contributed by atoms with E-state index in [1.54, 1.807) is 4.90 Å². The monoisotopic (exact) mass is 346 g/mol. The van der Waals surface area contributed by atoms with Gasteiger partial charge in [-0.05, 0) is 6.07 Å². The predicted molar refractivity (Wildman–Crippen MR) is 80.6 cm³/mol. The van der Waals surface area contributed by atoms with E-state index in [9.17, 15) is 13.2 Å². The molecule has 0 aliphatic carbocycles. The van der Waals surface area contributed by atoms with Gasteiger partial charge in [0, 0.05) is 31.7 Å². The van der Waals surface area contributed by atoms with E-state index in [-0.39, 0.29) is 36.1 Å². The zero-order chi connectivity index (χ0) is 13.8. The minimum Gasteiger partial charge on any atom is -0.493 e. The molecule has 0 amide bonds. The largest absolute Gasteiger partial charge is 0.493 e. The Morgan fingerprint density at radius 3 is 2.33 bits per heavy atom. The van der Waals surface area contributed by atoms with Gasteiger partial charge in [0.05, 0.1) is 7.11 Å². The van der Waals surface area contributed by atoms with E-state index < -0.39 is 18.3 Å². The molecule has 0 spiro atoms. The molecular weight excluding hydrogens is 328 g/mol. The SMILES string of the molecule is COc1c(F)cccc1[C@@H](C(F)F)N1CCNCC1.Cl.Cl. The molecule has 122 valence electrons. The number of rotatable bonds is 4. The molecule has 0 aromatic heterocycles. The van der Waals surface area contributed by atoms with Crippen LogP contribution in [0.15, 0.2) is 18.2 Å². The molecule has 1 fully saturated rings. The maximum atomic E-state index is 13.6. The lowest BCUT2D eigenvalue weighted by atomic mass is 10.0. The van der Waals surface area contributed by atoms with Crippen molar-refractivity contribution in [3.63, 3.8) is 0 Å². The third kappa shape index (κ3) is 4.64. The van der Waals surface area contributed by atoms with Crippen LogP contribution in [0.3, 0.4) is 0 Å². The minimum atomic E-state index is -2.59. The first kappa shape index (κ1) is 20.3. The molecule has 1 aromatic rings. The zero-order valence-electron chi connectivity index (χ0n) is 11.5. The summed E-state index contributed by atoms with van der Waals surface area (Å²) in [6.45, 7) is 2.32. The second kappa shape index (κ2) is 9.35. The van der Waals surface area contributed by atoms with Crippen molar-refractivity contribution >= 4 is 24.8 Å². The number of halogens is 5. The summed E-state index contributed by atoms with van der Waals surface area (Å²) in [7, 11) is 1.29. The zero-order valence-corrected chi connectivity index (χ0v) is 13.2. The summed E-state index contributed by atoms with van der Waals surface area (Å²) in [6.07, 6.45) is -2.59. The quantitative estimate of drug-likeness (QED) is 0.907. The molecule has 3 nitrogen and oxygen atoms in total. The summed E-state index contributed by atoms with van der Waals surface area (Å²) in [5, 5.41) is 3.11. The molecule has 0 unspecified atom stereocenters.